The van der Waals surface area contributed by atoms with E-state index in [1.165, 1.54) is 34.3 Å². The lowest BCUT2D eigenvalue weighted by molar-refractivity contribution is 0.103. The molecule has 0 saturated carbocycles. The van der Waals surface area contributed by atoms with Crippen molar-refractivity contribution in [2.75, 3.05) is 0 Å². The summed E-state index contributed by atoms with van der Waals surface area (Å²) in [5.41, 5.74) is 2.02. The number of nitrogens with zero attached hydrogens (tertiary/aromatic N) is 2. The number of benzene rings is 2. The van der Waals surface area contributed by atoms with Crippen LogP contribution in [0.1, 0.15) is 42.3 Å². The topological polar surface area (TPSA) is 67.8 Å². The molecule has 5 nitrogen and oxygen atoms in total. The number of thiazole rings is 1. The summed E-state index contributed by atoms with van der Waals surface area (Å²) in [6, 6.07) is 9.74. The maximum atomic E-state index is 13.2. The molecule has 0 aliphatic carbocycles. The van der Waals surface area contributed by atoms with Crippen molar-refractivity contribution in [2.45, 2.75) is 33.2 Å². The fourth-order valence-corrected chi connectivity index (χ4v) is 4.29. The molecule has 0 spiro atoms. The number of nitrogens with one attached hydrogen (secondary N) is 1. The maximum absolute atomic E-state index is 13.2. The van der Waals surface area contributed by atoms with E-state index in [9.17, 15) is 14.0 Å². The van der Waals surface area contributed by atoms with E-state index in [2.05, 4.69) is 10.1 Å². The van der Waals surface area contributed by atoms with Gasteiger partial charge in [0.1, 0.15) is 16.4 Å². The van der Waals surface area contributed by atoms with Crippen LogP contribution in [0.5, 0.6) is 0 Å². The third-order valence-corrected chi connectivity index (χ3v) is 5.91. The highest BCUT2D eigenvalue weighted by Gasteiger charge is 2.24. The van der Waals surface area contributed by atoms with Gasteiger partial charge in [-0.25, -0.2) is 14.1 Å². The molecule has 0 fully saturated rings. The second-order valence-electron chi connectivity index (χ2n) is 7.94. The molecular weight excluding hydrogens is 389 g/mol. The molecule has 148 valence electrons. The first-order chi connectivity index (χ1) is 13.7. The van der Waals surface area contributed by atoms with Crippen LogP contribution in [0.2, 0.25) is 0 Å². The van der Waals surface area contributed by atoms with E-state index in [0.29, 0.717) is 11.1 Å². The van der Waals surface area contributed by atoms with Gasteiger partial charge in [-0.15, -0.1) is 11.3 Å². The first-order valence-corrected chi connectivity index (χ1v) is 10.00. The molecule has 29 heavy (non-hydrogen) atoms. The van der Waals surface area contributed by atoms with E-state index in [0.717, 1.165) is 20.8 Å². The van der Waals surface area contributed by atoms with Gasteiger partial charge in [0.15, 0.2) is 0 Å². The molecule has 2 aromatic carbocycles. The maximum Gasteiger partial charge on any atom is 0.278 e. The van der Waals surface area contributed by atoms with Crippen molar-refractivity contribution >= 4 is 27.3 Å². The highest BCUT2D eigenvalue weighted by atomic mass is 32.1. The van der Waals surface area contributed by atoms with Crippen LogP contribution in [-0.2, 0) is 5.54 Å². The van der Waals surface area contributed by atoms with E-state index >= 15 is 0 Å². The summed E-state index contributed by atoms with van der Waals surface area (Å²) in [5, 5.41) is 3.64. The van der Waals surface area contributed by atoms with Gasteiger partial charge >= 0.3 is 0 Å². The molecular formula is C22H20FN3O2S. The quantitative estimate of drug-likeness (QED) is 0.490. The van der Waals surface area contributed by atoms with E-state index < -0.39 is 5.54 Å². The number of hydrogen-bond acceptors (Lipinski definition) is 4. The van der Waals surface area contributed by atoms with E-state index in [1.807, 2.05) is 33.8 Å². The predicted octanol–water partition coefficient (Wildman–Crippen LogP) is 4.89. The van der Waals surface area contributed by atoms with Crippen LogP contribution in [0.3, 0.4) is 0 Å². The summed E-state index contributed by atoms with van der Waals surface area (Å²) in [6.07, 6.45) is 1.46. The molecule has 7 heteroatoms. The molecule has 0 radical (unpaired) electrons. The van der Waals surface area contributed by atoms with Gasteiger partial charge in [-0.1, -0.05) is 0 Å². The number of rotatable bonds is 3. The number of carbonyl (C=O) groups excluding carboxylic acids is 1. The second-order valence-corrected chi connectivity index (χ2v) is 8.97. The number of aromatic amines is 1. The van der Waals surface area contributed by atoms with Gasteiger partial charge in [-0.2, -0.15) is 0 Å². The number of aryl methyl sites for hydroxylation is 1. The first kappa shape index (κ1) is 19.3. The van der Waals surface area contributed by atoms with E-state index in [-0.39, 0.29) is 22.7 Å². The van der Waals surface area contributed by atoms with E-state index in [4.69, 9.17) is 0 Å². The molecule has 0 atom stereocenters. The van der Waals surface area contributed by atoms with Gasteiger partial charge in [0, 0.05) is 17.3 Å². The Bertz CT molecular complexity index is 1290. The smallest absolute Gasteiger partial charge is 0.278 e. The number of halogens is 1. The third kappa shape index (κ3) is 3.31. The van der Waals surface area contributed by atoms with Crippen molar-refractivity contribution in [3.05, 3.63) is 75.5 Å². The summed E-state index contributed by atoms with van der Waals surface area (Å²) < 4.78 is 15.6. The zero-order valence-corrected chi connectivity index (χ0v) is 17.4. The zero-order valence-electron chi connectivity index (χ0n) is 16.5. The van der Waals surface area contributed by atoms with Crippen LogP contribution in [0.15, 0.2) is 47.4 Å². The monoisotopic (exact) mass is 409 g/mol. The van der Waals surface area contributed by atoms with Crippen LogP contribution in [0, 0.1) is 12.7 Å². The molecule has 0 aliphatic heterocycles. The van der Waals surface area contributed by atoms with Gasteiger partial charge < -0.3 is 5.10 Å². The number of aromatic nitrogens is 3. The highest BCUT2D eigenvalue weighted by Crippen LogP contribution is 2.33. The number of hydrogen-bond donors (Lipinski definition) is 1. The fourth-order valence-electron chi connectivity index (χ4n) is 3.26. The Morgan fingerprint density at radius 1 is 1.10 bits per heavy atom. The fraction of sp³-hybridized carbons (Fsp3) is 0.227. The Labute approximate surface area is 170 Å². The largest absolute Gasteiger partial charge is 0.302 e. The average molecular weight is 409 g/mol. The SMILES string of the molecule is Cc1c(C(=O)c2c[nH]n(C(C)(C)C)c2=O)ccc2sc(-c3ccc(F)cc3)nc12. The number of ketones is 1. The standard InChI is InChI=1S/C22H20FN3O2S/c1-12-15(19(27)16-11-24-26(21(16)28)22(2,3)4)9-10-17-18(12)25-20(29-17)13-5-7-14(23)8-6-13/h5-11,24H,1-4H3. The van der Waals surface area contributed by atoms with Gasteiger partial charge in [-0.05, 0) is 69.7 Å². The van der Waals surface area contributed by atoms with Crippen LogP contribution in [0.4, 0.5) is 4.39 Å². The molecule has 2 heterocycles. The minimum atomic E-state index is -0.451. The molecule has 0 unspecified atom stereocenters. The predicted molar refractivity (Wildman–Crippen MR) is 113 cm³/mol. The van der Waals surface area contributed by atoms with Crippen molar-refractivity contribution in [2.24, 2.45) is 0 Å². The summed E-state index contributed by atoms with van der Waals surface area (Å²) >= 11 is 1.48. The Kier molecular flexibility index (Phi) is 4.50. The molecule has 0 saturated heterocycles. The van der Waals surface area contributed by atoms with Crippen molar-refractivity contribution in [1.82, 2.24) is 14.8 Å². The second kappa shape index (κ2) is 6.77. The van der Waals surface area contributed by atoms with Gasteiger partial charge in [-0.3, -0.25) is 9.59 Å². The lowest BCUT2D eigenvalue weighted by atomic mass is 10.00. The number of carbonyl (C=O) groups is 1. The molecule has 4 aromatic rings. The molecule has 0 aliphatic rings. The van der Waals surface area contributed by atoms with Gasteiger partial charge in [0.05, 0.1) is 15.8 Å². The van der Waals surface area contributed by atoms with Gasteiger partial charge in [0.2, 0.25) is 5.78 Å². The Morgan fingerprint density at radius 2 is 1.79 bits per heavy atom. The Morgan fingerprint density at radius 3 is 2.41 bits per heavy atom. The summed E-state index contributed by atoms with van der Waals surface area (Å²) in [7, 11) is 0. The van der Waals surface area contributed by atoms with Crippen molar-refractivity contribution in [3.8, 4) is 10.6 Å². The third-order valence-electron chi connectivity index (χ3n) is 4.84. The van der Waals surface area contributed by atoms with Crippen molar-refractivity contribution in [1.29, 1.82) is 0 Å². The highest BCUT2D eigenvalue weighted by molar-refractivity contribution is 7.21. The minimum absolute atomic E-state index is 0.108. The van der Waals surface area contributed by atoms with Crippen molar-refractivity contribution < 1.29 is 9.18 Å². The van der Waals surface area contributed by atoms with Crippen LogP contribution in [0.25, 0.3) is 20.8 Å². The van der Waals surface area contributed by atoms with Crippen LogP contribution in [-0.4, -0.2) is 20.5 Å². The summed E-state index contributed by atoms with van der Waals surface area (Å²) in [6.45, 7) is 7.51. The Balaban J connectivity index is 1.78. The normalized spacial score (nSPS) is 11.9. The van der Waals surface area contributed by atoms with Crippen LogP contribution < -0.4 is 5.56 Å². The zero-order chi connectivity index (χ0) is 20.9. The van der Waals surface area contributed by atoms with Crippen molar-refractivity contribution in [3.63, 3.8) is 0 Å². The molecule has 2 aromatic heterocycles. The Hall–Kier alpha value is -3.06. The van der Waals surface area contributed by atoms with E-state index in [1.54, 1.807) is 18.2 Å². The minimum Gasteiger partial charge on any atom is -0.302 e. The number of H-pyrrole nitrogens is 1. The molecule has 1 N–H and O–H groups in total. The number of fused-ring (bicyclic) bond motifs is 1. The molecule has 4 rings (SSSR count). The molecule has 0 amide bonds. The van der Waals surface area contributed by atoms with Gasteiger partial charge in [0.25, 0.3) is 5.56 Å². The molecule has 0 bridgehead atoms. The summed E-state index contributed by atoms with van der Waals surface area (Å²) in [5.74, 6) is -0.628. The first-order valence-electron chi connectivity index (χ1n) is 9.18. The lowest BCUT2D eigenvalue weighted by Crippen LogP contribution is -2.34. The average Bonchev–Trinajstić information content (AvgIpc) is 3.26. The van der Waals surface area contributed by atoms with Crippen LogP contribution >= 0.6 is 11.3 Å². The lowest BCUT2D eigenvalue weighted by Gasteiger charge is -2.18. The summed E-state index contributed by atoms with van der Waals surface area (Å²) in [4.78, 5) is 30.4.